The zero-order chi connectivity index (χ0) is 15.2. The molecule has 0 unspecified atom stereocenters. The van der Waals surface area contributed by atoms with Crippen molar-refractivity contribution < 1.29 is 4.74 Å². The lowest BCUT2D eigenvalue weighted by atomic mass is 10.2. The van der Waals surface area contributed by atoms with Crippen LogP contribution < -0.4 is 10.1 Å². The molecule has 0 radical (unpaired) electrons. The fraction of sp³-hybridized carbons (Fsp3) is 0.375. The molecule has 2 rings (SSSR count). The molecule has 1 aromatic carbocycles. The van der Waals surface area contributed by atoms with Gasteiger partial charge in [-0.1, -0.05) is 34.5 Å². The van der Waals surface area contributed by atoms with Gasteiger partial charge in [0.15, 0.2) is 0 Å². The van der Waals surface area contributed by atoms with Crippen LogP contribution in [0.4, 0.5) is 0 Å². The van der Waals surface area contributed by atoms with Crippen molar-refractivity contribution in [2.75, 3.05) is 6.54 Å². The molecule has 0 bridgehead atoms. The van der Waals surface area contributed by atoms with Crippen LogP contribution in [0.1, 0.15) is 28.7 Å². The maximum absolute atomic E-state index is 6.14. The number of aryl methyl sites for hydroxylation is 1. The lowest BCUT2D eigenvalue weighted by Crippen LogP contribution is -2.12. The second-order valence-electron chi connectivity index (χ2n) is 4.83. The Morgan fingerprint density at radius 2 is 2.14 bits per heavy atom. The Morgan fingerprint density at radius 3 is 2.90 bits per heavy atom. The van der Waals surface area contributed by atoms with Gasteiger partial charge in [-0.25, -0.2) is 0 Å². The van der Waals surface area contributed by atoms with E-state index in [1.807, 2.05) is 29.5 Å². The number of nitrogens with one attached hydrogen (secondary N) is 1. The SMILES string of the molecule is CCCNCc1cc(COc2cc(Br)ccc2Cl)c(C)s1. The van der Waals surface area contributed by atoms with Crippen LogP contribution in [0.2, 0.25) is 5.02 Å². The van der Waals surface area contributed by atoms with Crippen molar-refractivity contribution in [3.63, 3.8) is 0 Å². The van der Waals surface area contributed by atoms with Crippen LogP contribution in [0.15, 0.2) is 28.7 Å². The lowest BCUT2D eigenvalue weighted by molar-refractivity contribution is 0.306. The smallest absolute Gasteiger partial charge is 0.139 e. The average Bonchev–Trinajstić information content (AvgIpc) is 2.80. The highest BCUT2D eigenvalue weighted by Crippen LogP contribution is 2.30. The minimum atomic E-state index is 0.548. The van der Waals surface area contributed by atoms with Crippen LogP contribution in [0, 0.1) is 6.92 Å². The molecule has 0 saturated heterocycles. The highest BCUT2D eigenvalue weighted by Gasteiger charge is 2.08. The summed E-state index contributed by atoms with van der Waals surface area (Å²) in [6.45, 7) is 6.84. The summed E-state index contributed by atoms with van der Waals surface area (Å²) in [4.78, 5) is 2.65. The molecule has 0 aliphatic carbocycles. The van der Waals surface area contributed by atoms with Gasteiger partial charge < -0.3 is 10.1 Å². The maximum atomic E-state index is 6.14. The first-order valence-electron chi connectivity index (χ1n) is 6.97. The van der Waals surface area contributed by atoms with E-state index in [0.29, 0.717) is 17.4 Å². The van der Waals surface area contributed by atoms with Crippen LogP contribution in [0.25, 0.3) is 0 Å². The predicted octanol–water partition coefficient (Wildman–Crippen LogP) is 5.55. The second-order valence-corrected chi connectivity index (χ2v) is 7.50. The molecular formula is C16H19BrClNOS. The molecule has 5 heteroatoms. The standard InChI is InChI=1S/C16H19BrClNOS/c1-3-6-19-9-14-7-12(11(2)21-14)10-20-16-8-13(17)4-5-15(16)18/h4-5,7-8,19H,3,6,9-10H2,1-2H3. The van der Waals surface area contributed by atoms with Gasteiger partial charge in [-0.2, -0.15) is 0 Å². The first kappa shape index (κ1) is 16.8. The minimum absolute atomic E-state index is 0.548. The summed E-state index contributed by atoms with van der Waals surface area (Å²) in [7, 11) is 0. The number of benzene rings is 1. The van der Waals surface area contributed by atoms with Crippen molar-refractivity contribution >= 4 is 38.9 Å². The van der Waals surface area contributed by atoms with Gasteiger partial charge in [0.25, 0.3) is 0 Å². The van der Waals surface area contributed by atoms with E-state index in [-0.39, 0.29) is 0 Å². The number of thiophene rings is 1. The number of hydrogen-bond donors (Lipinski definition) is 1. The van der Waals surface area contributed by atoms with E-state index >= 15 is 0 Å². The topological polar surface area (TPSA) is 21.3 Å². The summed E-state index contributed by atoms with van der Waals surface area (Å²) in [5.74, 6) is 0.710. The Morgan fingerprint density at radius 1 is 1.33 bits per heavy atom. The molecule has 1 N–H and O–H groups in total. The van der Waals surface area contributed by atoms with Crippen LogP contribution in [-0.2, 0) is 13.2 Å². The van der Waals surface area contributed by atoms with E-state index in [2.05, 4.69) is 41.2 Å². The summed E-state index contributed by atoms with van der Waals surface area (Å²) >= 11 is 11.4. The van der Waals surface area contributed by atoms with Gasteiger partial charge in [-0.15, -0.1) is 11.3 Å². The fourth-order valence-corrected chi connectivity index (χ4v) is 3.48. The Bertz CT molecular complexity index is 600. The molecule has 114 valence electrons. The van der Waals surface area contributed by atoms with Gasteiger partial charge in [0, 0.05) is 26.3 Å². The van der Waals surface area contributed by atoms with Gasteiger partial charge in [-0.05, 0) is 44.2 Å². The molecule has 0 aliphatic heterocycles. The highest BCUT2D eigenvalue weighted by atomic mass is 79.9. The summed E-state index contributed by atoms with van der Waals surface area (Å²) in [6.07, 6.45) is 1.15. The third-order valence-electron chi connectivity index (χ3n) is 3.07. The van der Waals surface area contributed by atoms with Crippen molar-refractivity contribution in [1.82, 2.24) is 5.32 Å². The van der Waals surface area contributed by atoms with E-state index in [0.717, 1.165) is 24.0 Å². The van der Waals surface area contributed by atoms with Crippen LogP contribution in [0.5, 0.6) is 5.75 Å². The van der Waals surface area contributed by atoms with E-state index < -0.39 is 0 Å². The Balaban J connectivity index is 1.98. The molecule has 2 nitrogen and oxygen atoms in total. The summed E-state index contributed by atoms with van der Waals surface area (Å²) in [5, 5.41) is 4.06. The summed E-state index contributed by atoms with van der Waals surface area (Å²) in [5.41, 5.74) is 1.23. The van der Waals surface area contributed by atoms with E-state index in [1.54, 1.807) is 0 Å². The van der Waals surface area contributed by atoms with Gasteiger partial charge in [0.05, 0.1) is 5.02 Å². The van der Waals surface area contributed by atoms with Crippen LogP contribution in [-0.4, -0.2) is 6.54 Å². The molecule has 21 heavy (non-hydrogen) atoms. The number of ether oxygens (including phenoxy) is 1. The molecule has 0 aliphatic rings. The second kappa shape index (κ2) is 8.18. The third kappa shape index (κ3) is 4.99. The Kier molecular flexibility index (Phi) is 6.55. The molecule has 1 heterocycles. The van der Waals surface area contributed by atoms with Crippen molar-refractivity contribution in [1.29, 1.82) is 0 Å². The molecule has 1 aromatic heterocycles. The fourth-order valence-electron chi connectivity index (χ4n) is 1.95. The molecule has 0 fully saturated rings. The van der Waals surface area contributed by atoms with Gasteiger partial charge in [0.2, 0.25) is 0 Å². The van der Waals surface area contributed by atoms with Crippen molar-refractivity contribution in [3.05, 3.63) is 49.1 Å². The first-order valence-corrected chi connectivity index (χ1v) is 8.95. The van der Waals surface area contributed by atoms with Crippen molar-refractivity contribution in [2.45, 2.75) is 33.4 Å². The normalized spacial score (nSPS) is 10.9. The first-order chi connectivity index (χ1) is 10.1. The van der Waals surface area contributed by atoms with Crippen LogP contribution >= 0.6 is 38.9 Å². The average molecular weight is 389 g/mol. The molecule has 0 amide bonds. The number of rotatable bonds is 7. The van der Waals surface area contributed by atoms with Crippen molar-refractivity contribution in [2.24, 2.45) is 0 Å². The molecule has 0 atom stereocenters. The Hall–Kier alpha value is -0.550. The molecule has 0 saturated carbocycles. The molecule has 0 spiro atoms. The van der Waals surface area contributed by atoms with E-state index in [4.69, 9.17) is 16.3 Å². The number of hydrogen-bond acceptors (Lipinski definition) is 3. The van der Waals surface area contributed by atoms with Crippen LogP contribution in [0.3, 0.4) is 0 Å². The van der Waals surface area contributed by atoms with E-state index in [1.165, 1.54) is 15.3 Å². The lowest BCUT2D eigenvalue weighted by Gasteiger charge is -2.08. The predicted molar refractivity (Wildman–Crippen MR) is 94.5 cm³/mol. The minimum Gasteiger partial charge on any atom is -0.487 e. The van der Waals surface area contributed by atoms with Crippen molar-refractivity contribution in [3.8, 4) is 5.75 Å². The molecular weight excluding hydrogens is 370 g/mol. The summed E-state index contributed by atoms with van der Waals surface area (Å²) in [6, 6.07) is 7.85. The largest absolute Gasteiger partial charge is 0.487 e. The van der Waals surface area contributed by atoms with Gasteiger partial charge >= 0.3 is 0 Å². The monoisotopic (exact) mass is 387 g/mol. The molecule has 2 aromatic rings. The summed E-state index contributed by atoms with van der Waals surface area (Å²) < 4.78 is 6.81. The Labute approximate surface area is 143 Å². The quantitative estimate of drug-likeness (QED) is 0.628. The number of halogens is 2. The van der Waals surface area contributed by atoms with Gasteiger partial charge in [-0.3, -0.25) is 0 Å². The zero-order valence-electron chi connectivity index (χ0n) is 12.2. The van der Waals surface area contributed by atoms with Gasteiger partial charge in [0.1, 0.15) is 12.4 Å². The third-order valence-corrected chi connectivity index (χ3v) is 4.97. The van der Waals surface area contributed by atoms with E-state index in [9.17, 15) is 0 Å². The maximum Gasteiger partial charge on any atom is 0.139 e. The highest BCUT2D eigenvalue weighted by molar-refractivity contribution is 9.10. The zero-order valence-corrected chi connectivity index (χ0v) is 15.4.